The van der Waals surface area contributed by atoms with Crippen LogP contribution in [0.25, 0.3) is 0 Å². The molecular formula is C31H36N2O2. The number of rotatable bonds is 6. The van der Waals surface area contributed by atoms with Gasteiger partial charge in [0.15, 0.2) is 0 Å². The lowest BCUT2D eigenvalue weighted by atomic mass is 9.64. The number of nitrogens with zero attached hydrogens (tertiary/aromatic N) is 2. The molecule has 0 bridgehead atoms. The second kappa shape index (κ2) is 9.07. The molecule has 5 rings (SSSR count). The molecule has 0 saturated carbocycles. The normalized spacial score (nSPS) is 23.0. The average molecular weight is 469 g/mol. The largest absolute Gasteiger partial charge is 0.465 e. The molecule has 0 saturated heterocycles. The summed E-state index contributed by atoms with van der Waals surface area (Å²) in [4.78, 5) is 16.5. The van der Waals surface area contributed by atoms with Gasteiger partial charge < -0.3 is 10.0 Å². The molecule has 0 fully saturated rings. The first kappa shape index (κ1) is 23.5. The summed E-state index contributed by atoms with van der Waals surface area (Å²) >= 11 is 0. The van der Waals surface area contributed by atoms with Crippen molar-refractivity contribution >= 4 is 17.5 Å². The van der Waals surface area contributed by atoms with Crippen molar-refractivity contribution in [2.45, 2.75) is 57.3 Å². The highest BCUT2D eigenvalue weighted by Gasteiger charge is 2.45. The Morgan fingerprint density at radius 1 is 0.886 bits per heavy atom. The quantitative estimate of drug-likeness (QED) is 0.416. The first-order valence-corrected chi connectivity index (χ1v) is 12.9. The van der Waals surface area contributed by atoms with Crippen LogP contribution in [0.15, 0.2) is 72.8 Å². The molecule has 0 unspecified atom stereocenters. The first-order chi connectivity index (χ1) is 16.9. The van der Waals surface area contributed by atoms with Crippen molar-refractivity contribution in [1.82, 2.24) is 0 Å². The van der Waals surface area contributed by atoms with E-state index in [2.05, 4.69) is 98.5 Å². The number of anilines is 2. The van der Waals surface area contributed by atoms with Crippen LogP contribution in [0.3, 0.4) is 0 Å². The Labute approximate surface area is 209 Å². The Balaban J connectivity index is 1.79. The summed E-state index contributed by atoms with van der Waals surface area (Å²) in [6, 6.07) is 25.8. The second-order valence-electron chi connectivity index (χ2n) is 10.6. The number of benzene rings is 3. The molecule has 182 valence electrons. The number of hydrogen-bond donors (Lipinski definition) is 1. The summed E-state index contributed by atoms with van der Waals surface area (Å²) in [5.74, 6) is 0. The number of hydrogen-bond acceptors (Lipinski definition) is 2. The third kappa shape index (κ3) is 3.89. The van der Waals surface area contributed by atoms with Gasteiger partial charge in [0.1, 0.15) is 0 Å². The minimum Gasteiger partial charge on any atom is -0.465 e. The highest BCUT2D eigenvalue weighted by molar-refractivity contribution is 5.88. The number of carbonyl (C=O) groups is 1. The summed E-state index contributed by atoms with van der Waals surface area (Å²) in [5.41, 5.74) is 6.85. The Morgan fingerprint density at radius 3 is 1.80 bits per heavy atom. The van der Waals surface area contributed by atoms with Gasteiger partial charge in [0.25, 0.3) is 0 Å². The molecule has 0 aromatic heterocycles. The summed E-state index contributed by atoms with van der Waals surface area (Å²) in [6.07, 6.45) is 2.95. The standard InChI is InChI=1S/C31H36N2O2/c1-4-5-18-33(29(34)35)25-21-26-28-27(22-25)31(3,24-14-10-7-11-15-24)17-20-32(28)19-16-30(26,2)23-12-8-6-9-13-23/h6-15,21-22H,4-5,16-20H2,1-3H3,(H,34,35)/t30-,31-/m0/s1. The molecule has 3 aromatic rings. The van der Waals surface area contributed by atoms with Gasteiger partial charge in [-0.1, -0.05) is 87.9 Å². The Kier molecular flexibility index (Phi) is 6.08. The molecule has 2 aliphatic heterocycles. The highest BCUT2D eigenvalue weighted by atomic mass is 16.4. The van der Waals surface area contributed by atoms with Crippen LogP contribution in [0.2, 0.25) is 0 Å². The van der Waals surface area contributed by atoms with E-state index in [1.54, 1.807) is 4.90 Å². The smallest absolute Gasteiger partial charge is 0.411 e. The topological polar surface area (TPSA) is 43.8 Å². The van der Waals surface area contributed by atoms with Crippen LogP contribution >= 0.6 is 0 Å². The predicted molar refractivity (Wildman–Crippen MR) is 144 cm³/mol. The van der Waals surface area contributed by atoms with Gasteiger partial charge in [-0.25, -0.2) is 4.79 Å². The van der Waals surface area contributed by atoms with Crippen LogP contribution in [-0.4, -0.2) is 30.8 Å². The van der Waals surface area contributed by atoms with Crippen LogP contribution < -0.4 is 9.80 Å². The predicted octanol–water partition coefficient (Wildman–Crippen LogP) is 7.20. The lowest BCUT2D eigenvalue weighted by Gasteiger charge is -2.50. The van der Waals surface area contributed by atoms with Gasteiger partial charge in [-0.3, -0.25) is 4.90 Å². The molecule has 0 aliphatic carbocycles. The van der Waals surface area contributed by atoms with E-state index in [1.807, 2.05) is 0 Å². The molecule has 4 nitrogen and oxygen atoms in total. The van der Waals surface area contributed by atoms with E-state index in [0.29, 0.717) is 6.54 Å². The van der Waals surface area contributed by atoms with Crippen molar-refractivity contribution in [3.63, 3.8) is 0 Å². The minimum absolute atomic E-state index is 0.179. The molecule has 3 aromatic carbocycles. The molecule has 2 atom stereocenters. The zero-order valence-electron chi connectivity index (χ0n) is 21.1. The summed E-state index contributed by atoms with van der Waals surface area (Å²) in [6.45, 7) is 9.31. The summed E-state index contributed by atoms with van der Waals surface area (Å²) < 4.78 is 0. The zero-order valence-corrected chi connectivity index (χ0v) is 21.1. The Bertz CT molecular complexity index is 1130. The lowest BCUT2D eigenvalue weighted by molar-refractivity contribution is 0.201. The lowest BCUT2D eigenvalue weighted by Crippen LogP contribution is -2.47. The molecule has 35 heavy (non-hydrogen) atoms. The molecule has 2 aliphatic rings. The van der Waals surface area contributed by atoms with Crippen molar-refractivity contribution < 1.29 is 9.90 Å². The average Bonchev–Trinajstić information content (AvgIpc) is 2.89. The highest BCUT2D eigenvalue weighted by Crippen LogP contribution is 2.54. The van der Waals surface area contributed by atoms with E-state index in [9.17, 15) is 9.90 Å². The third-order valence-corrected chi connectivity index (χ3v) is 8.46. The zero-order chi connectivity index (χ0) is 24.6. The van der Waals surface area contributed by atoms with Crippen LogP contribution in [0.1, 0.15) is 68.7 Å². The van der Waals surface area contributed by atoms with E-state index in [1.165, 1.54) is 27.9 Å². The number of unbranched alkanes of at least 4 members (excludes halogenated alkanes) is 1. The molecule has 2 heterocycles. The minimum atomic E-state index is -0.878. The van der Waals surface area contributed by atoms with Gasteiger partial charge in [0, 0.05) is 41.8 Å². The van der Waals surface area contributed by atoms with E-state index in [0.717, 1.165) is 44.5 Å². The maximum absolute atomic E-state index is 12.4. The summed E-state index contributed by atoms with van der Waals surface area (Å²) in [5, 5.41) is 10.2. The molecule has 0 spiro atoms. The van der Waals surface area contributed by atoms with E-state index >= 15 is 0 Å². The van der Waals surface area contributed by atoms with Crippen molar-refractivity contribution in [2.75, 3.05) is 29.4 Å². The first-order valence-electron chi connectivity index (χ1n) is 12.9. The third-order valence-electron chi connectivity index (χ3n) is 8.46. The van der Waals surface area contributed by atoms with E-state index in [-0.39, 0.29) is 10.8 Å². The van der Waals surface area contributed by atoms with Crippen LogP contribution in [0.5, 0.6) is 0 Å². The number of carboxylic acid groups (broad SMARTS) is 1. The second-order valence-corrected chi connectivity index (χ2v) is 10.6. The maximum Gasteiger partial charge on any atom is 0.411 e. The van der Waals surface area contributed by atoms with Gasteiger partial charge in [-0.05, 0) is 53.6 Å². The Hall–Kier alpha value is -3.27. The van der Waals surface area contributed by atoms with Crippen molar-refractivity contribution in [1.29, 1.82) is 0 Å². The number of amides is 1. The van der Waals surface area contributed by atoms with Gasteiger partial charge >= 0.3 is 6.09 Å². The van der Waals surface area contributed by atoms with Crippen LogP contribution in [0, 0.1) is 0 Å². The summed E-state index contributed by atoms with van der Waals surface area (Å²) in [7, 11) is 0. The van der Waals surface area contributed by atoms with Crippen molar-refractivity contribution in [2.24, 2.45) is 0 Å². The monoisotopic (exact) mass is 468 g/mol. The van der Waals surface area contributed by atoms with Gasteiger partial charge in [0.05, 0.1) is 0 Å². The van der Waals surface area contributed by atoms with Crippen molar-refractivity contribution in [3.8, 4) is 0 Å². The van der Waals surface area contributed by atoms with E-state index < -0.39 is 6.09 Å². The van der Waals surface area contributed by atoms with Gasteiger partial charge in [0.2, 0.25) is 0 Å². The van der Waals surface area contributed by atoms with Crippen LogP contribution in [-0.2, 0) is 10.8 Å². The molecule has 1 N–H and O–H groups in total. The maximum atomic E-state index is 12.4. The fourth-order valence-corrected chi connectivity index (χ4v) is 6.14. The van der Waals surface area contributed by atoms with Crippen molar-refractivity contribution in [3.05, 3.63) is 95.1 Å². The van der Waals surface area contributed by atoms with Crippen LogP contribution in [0.4, 0.5) is 16.2 Å². The van der Waals surface area contributed by atoms with E-state index in [4.69, 9.17) is 0 Å². The molecule has 0 radical (unpaired) electrons. The molecule has 1 amide bonds. The van der Waals surface area contributed by atoms with Gasteiger partial charge in [-0.2, -0.15) is 0 Å². The van der Waals surface area contributed by atoms with Gasteiger partial charge in [-0.15, -0.1) is 0 Å². The fraction of sp³-hybridized carbons (Fsp3) is 0.387. The fourth-order valence-electron chi connectivity index (χ4n) is 6.14. The Morgan fingerprint density at radius 2 is 1.37 bits per heavy atom. The molecule has 4 heteroatoms. The SMILES string of the molecule is CCCCN(C(=O)O)c1cc2c3c(c1)[C@](C)(c1ccccc1)CCN3CC[C@@]2(C)c1ccccc1. The molecular weight excluding hydrogens is 432 g/mol.